The van der Waals surface area contributed by atoms with Gasteiger partial charge in [0.15, 0.2) is 5.09 Å². The van der Waals surface area contributed by atoms with Crippen LogP contribution in [-0.2, 0) is 0 Å². The molecule has 0 bridgehead atoms. The van der Waals surface area contributed by atoms with E-state index >= 15 is 0 Å². The summed E-state index contributed by atoms with van der Waals surface area (Å²) in [6, 6.07) is 17.1. The first-order valence-corrected chi connectivity index (χ1v) is 9.82. The maximum Gasteiger partial charge on any atom is 0.339 e. The molecule has 0 aliphatic heterocycles. The fraction of sp³-hybridized carbons (Fsp3) is 0.100. The van der Waals surface area contributed by atoms with Gasteiger partial charge in [0.2, 0.25) is 0 Å². The molecule has 0 saturated heterocycles. The first-order valence-electron chi connectivity index (χ1n) is 8.21. The highest BCUT2D eigenvalue weighted by Crippen LogP contribution is 2.35. The molecule has 2 amide bonds. The van der Waals surface area contributed by atoms with E-state index in [9.17, 15) is 4.79 Å². The van der Waals surface area contributed by atoms with Crippen LogP contribution in [-0.4, -0.2) is 12.2 Å². The van der Waals surface area contributed by atoms with Crippen molar-refractivity contribution in [2.24, 2.45) is 5.10 Å². The van der Waals surface area contributed by atoms with Crippen LogP contribution in [0.3, 0.4) is 0 Å². The topological polar surface area (TPSA) is 66.6 Å². The number of rotatable bonds is 5. The van der Waals surface area contributed by atoms with Gasteiger partial charge in [-0.05, 0) is 53.5 Å². The Bertz CT molecular complexity index is 968. The van der Waals surface area contributed by atoms with Crippen molar-refractivity contribution in [2.75, 3.05) is 5.32 Å². The minimum absolute atomic E-state index is 0.416. The summed E-state index contributed by atoms with van der Waals surface area (Å²) in [6.07, 6.45) is 1.46. The molecule has 138 valence electrons. The van der Waals surface area contributed by atoms with Crippen molar-refractivity contribution >= 4 is 45.6 Å². The monoisotopic (exact) mass is 443 g/mol. The van der Waals surface area contributed by atoms with Gasteiger partial charge in [0.05, 0.1) is 10.7 Å². The highest BCUT2D eigenvalue weighted by molar-refractivity contribution is 9.10. The number of halogens is 1. The molecule has 2 aromatic carbocycles. The Balaban J connectivity index is 1.58. The zero-order valence-corrected chi connectivity index (χ0v) is 17.2. The Morgan fingerprint density at radius 3 is 2.63 bits per heavy atom. The van der Waals surface area contributed by atoms with Gasteiger partial charge in [-0.1, -0.05) is 47.7 Å². The molecular formula is C20H18BrN3O2S. The third-order valence-corrected chi connectivity index (χ3v) is 5.51. The lowest BCUT2D eigenvalue weighted by atomic mass is 10.2. The number of nitrogens with zero attached hydrogens (tertiary/aromatic N) is 1. The molecule has 2 N–H and O–H groups in total. The first kappa shape index (κ1) is 19.3. The number of carbonyl (C=O) groups is 1. The number of aryl methyl sites for hydroxylation is 2. The molecule has 3 aromatic rings. The summed E-state index contributed by atoms with van der Waals surface area (Å²) in [5.74, 6) is 0.535. The molecule has 1 heterocycles. The summed E-state index contributed by atoms with van der Waals surface area (Å²) in [7, 11) is 0. The van der Waals surface area contributed by atoms with Crippen LogP contribution in [0.25, 0.3) is 0 Å². The standard InChI is InChI=1S/C20H18BrN3O2S/c1-13-7-9-16(10-8-13)27-19-17(21)11-15(26-19)12-22-24-20(25)23-18-6-4-3-5-14(18)2/h3-12H,1-2H3,(H2,23,24,25)/b22-12+. The second-order valence-corrected chi connectivity index (χ2v) is 7.74. The SMILES string of the molecule is Cc1ccc(Sc2oc(/C=N/NC(=O)Nc3ccccc3C)cc2Br)cc1. The summed E-state index contributed by atoms with van der Waals surface area (Å²) in [5.41, 5.74) is 5.35. The van der Waals surface area contributed by atoms with Gasteiger partial charge in [0.25, 0.3) is 0 Å². The number of anilines is 1. The highest BCUT2D eigenvalue weighted by atomic mass is 79.9. The maximum atomic E-state index is 11.9. The Morgan fingerprint density at radius 1 is 1.15 bits per heavy atom. The fourth-order valence-corrected chi connectivity index (χ4v) is 3.56. The van der Waals surface area contributed by atoms with Crippen LogP contribution in [0.15, 0.2) is 78.6 Å². The molecule has 0 radical (unpaired) electrons. The van der Waals surface area contributed by atoms with Gasteiger partial charge in [-0.15, -0.1) is 0 Å². The van der Waals surface area contributed by atoms with E-state index in [0.29, 0.717) is 5.76 Å². The highest BCUT2D eigenvalue weighted by Gasteiger charge is 2.10. The summed E-state index contributed by atoms with van der Waals surface area (Å²) >= 11 is 5.00. The summed E-state index contributed by atoms with van der Waals surface area (Å²) < 4.78 is 6.60. The van der Waals surface area contributed by atoms with Crippen molar-refractivity contribution in [2.45, 2.75) is 23.8 Å². The van der Waals surface area contributed by atoms with Crippen molar-refractivity contribution in [1.82, 2.24) is 5.43 Å². The average molecular weight is 444 g/mol. The van der Waals surface area contributed by atoms with Gasteiger partial charge in [0.1, 0.15) is 5.76 Å². The van der Waals surface area contributed by atoms with E-state index in [0.717, 1.165) is 25.7 Å². The number of urea groups is 1. The molecule has 0 unspecified atom stereocenters. The molecule has 5 nitrogen and oxygen atoms in total. The molecule has 27 heavy (non-hydrogen) atoms. The van der Waals surface area contributed by atoms with Crippen molar-refractivity contribution < 1.29 is 9.21 Å². The maximum absolute atomic E-state index is 11.9. The number of amides is 2. The molecule has 3 rings (SSSR count). The number of benzene rings is 2. The third kappa shape index (κ3) is 5.48. The third-order valence-electron chi connectivity index (χ3n) is 3.66. The molecule has 7 heteroatoms. The average Bonchev–Trinajstić information content (AvgIpc) is 2.98. The smallest absolute Gasteiger partial charge is 0.339 e. The molecular weight excluding hydrogens is 426 g/mol. The van der Waals surface area contributed by atoms with E-state index in [2.05, 4.69) is 43.9 Å². The van der Waals surface area contributed by atoms with Gasteiger partial charge in [-0.2, -0.15) is 5.10 Å². The van der Waals surface area contributed by atoms with Gasteiger partial charge in [0, 0.05) is 16.6 Å². The molecule has 0 saturated carbocycles. The lowest BCUT2D eigenvalue weighted by Crippen LogP contribution is -2.24. The van der Waals surface area contributed by atoms with Crippen molar-refractivity contribution in [3.63, 3.8) is 0 Å². The van der Waals surface area contributed by atoms with Gasteiger partial charge >= 0.3 is 6.03 Å². The Kier molecular flexibility index (Phi) is 6.36. The molecule has 1 aromatic heterocycles. The van der Waals surface area contributed by atoms with Crippen LogP contribution in [0.1, 0.15) is 16.9 Å². The Morgan fingerprint density at radius 2 is 1.89 bits per heavy atom. The predicted octanol–water partition coefficient (Wildman–Crippen LogP) is 5.97. The van der Waals surface area contributed by atoms with Crippen LogP contribution >= 0.6 is 27.7 Å². The summed E-state index contributed by atoms with van der Waals surface area (Å²) in [5, 5.41) is 7.40. The van der Waals surface area contributed by atoms with E-state index in [4.69, 9.17) is 4.42 Å². The van der Waals surface area contributed by atoms with Crippen LogP contribution < -0.4 is 10.7 Å². The number of hydrogen-bond acceptors (Lipinski definition) is 4. The lowest BCUT2D eigenvalue weighted by molar-refractivity contribution is 0.252. The Hall–Kier alpha value is -2.51. The van der Waals surface area contributed by atoms with Crippen molar-refractivity contribution in [3.8, 4) is 0 Å². The summed E-state index contributed by atoms with van der Waals surface area (Å²) in [4.78, 5) is 13.0. The first-order chi connectivity index (χ1) is 13.0. The van der Waals surface area contributed by atoms with E-state index in [-0.39, 0.29) is 0 Å². The molecule has 0 atom stereocenters. The van der Waals surface area contributed by atoms with E-state index in [1.54, 1.807) is 6.07 Å². The number of furan rings is 1. The predicted molar refractivity (Wildman–Crippen MR) is 113 cm³/mol. The largest absolute Gasteiger partial charge is 0.447 e. The minimum atomic E-state index is -0.416. The van der Waals surface area contributed by atoms with Crippen LogP contribution in [0.4, 0.5) is 10.5 Å². The zero-order valence-electron chi connectivity index (χ0n) is 14.8. The van der Waals surface area contributed by atoms with Gasteiger partial charge in [-0.25, -0.2) is 10.2 Å². The summed E-state index contributed by atoms with van der Waals surface area (Å²) in [6.45, 7) is 3.97. The van der Waals surface area contributed by atoms with E-state index < -0.39 is 6.03 Å². The fourth-order valence-electron chi connectivity index (χ4n) is 2.23. The van der Waals surface area contributed by atoms with E-state index in [1.165, 1.54) is 23.5 Å². The quantitative estimate of drug-likeness (QED) is 0.377. The minimum Gasteiger partial charge on any atom is -0.447 e. The van der Waals surface area contributed by atoms with Crippen LogP contribution in [0.2, 0.25) is 0 Å². The van der Waals surface area contributed by atoms with Crippen molar-refractivity contribution in [3.05, 3.63) is 76.0 Å². The number of hydrogen-bond donors (Lipinski definition) is 2. The normalized spacial score (nSPS) is 10.9. The van der Waals surface area contributed by atoms with Gasteiger partial charge in [-0.3, -0.25) is 0 Å². The molecule has 0 aliphatic carbocycles. The molecule has 0 fully saturated rings. The van der Waals surface area contributed by atoms with E-state index in [1.807, 2.05) is 50.2 Å². The van der Waals surface area contributed by atoms with Gasteiger partial charge < -0.3 is 9.73 Å². The number of carbonyl (C=O) groups excluding carboxylic acids is 1. The van der Waals surface area contributed by atoms with Crippen molar-refractivity contribution in [1.29, 1.82) is 0 Å². The number of nitrogens with one attached hydrogen (secondary N) is 2. The number of hydrazone groups is 1. The Labute approximate surface area is 170 Å². The molecule has 0 spiro atoms. The van der Waals surface area contributed by atoms with Crippen LogP contribution in [0.5, 0.6) is 0 Å². The number of para-hydroxylation sites is 1. The van der Waals surface area contributed by atoms with Crippen LogP contribution in [0, 0.1) is 13.8 Å². The lowest BCUT2D eigenvalue weighted by Gasteiger charge is -2.06. The zero-order chi connectivity index (χ0) is 19.2. The molecule has 0 aliphatic rings. The second kappa shape index (κ2) is 8.92. The second-order valence-electron chi connectivity index (χ2n) is 5.84.